The third-order valence-electron chi connectivity index (χ3n) is 2.39. The molecule has 0 nitrogen and oxygen atoms in total. The van der Waals surface area contributed by atoms with E-state index in [2.05, 4.69) is 38.3 Å². The number of rotatable bonds is 3. The Labute approximate surface area is 87.0 Å². The van der Waals surface area contributed by atoms with Gasteiger partial charge in [-0.15, -0.1) is 0 Å². The Morgan fingerprint density at radius 2 is 1.43 bits per heavy atom. The van der Waals surface area contributed by atoms with Gasteiger partial charge in [0.05, 0.1) is 0 Å². The molecule has 1 rings (SSSR count). The summed E-state index contributed by atoms with van der Waals surface area (Å²) in [6.07, 6.45) is 1.06. The lowest BCUT2D eigenvalue weighted by Crippen LogP contribution is -1.89. The lowest BCUT2D eigenvalue weighted by molar-refractivity contribution is 1.13. The van der Waals surface area contributed by atoms with Gasteiger partial charge in [0.2, 0.25) is 0 Å². The Morgan fingerprint density at radius 1 is 1.00 bits per heavy atom. The van der Waals surface area contributed by atoms with Gasteiger partial charge in [0.25, 0.3) is 0 Å². The van der Waals surface area contributed by atoms with Gasteiger partial charge in [0.1, 0.15) is 0 Å². The second kappa shape index (κ2) is 4.28. The standard InChI is InChI=1S/C14H18/c1-6-12-7-13(10(2)3)9-14(8-12)11(4)5/h7-9H,2,4,6H2,1,3,5H3. The van der Waals surface area contributed by atoms with Crippen LogP contribution in [0.5, 0.6) is 0 Å². The van der Waals surface area contributed by atoms with Gasteiger partial charge in [-0.3, -0.25) is 0 Å². The van der Waals surface area contributed by atoms with Crippen molar-refractivity contribution in [3.8, 4) is 0 Å². The topological polar surface area (TPSA) is 0 Å². The third kappa shape index (κ3) is 2.35. The minimum absolute atomic E-state index is 1.06. The van der Waals surface area contributed by atoms with Gasteiger partial charge >= 0.3 is 0 Å². The van der Waals surface area contributed by atoms with Crippen LogP contribution >= 0.6 is 0 Å². The fourth-order valence-electron chi connectivity index (χ4n) is 1.39. The van der Waals surface area contributed by atoms with Crippen molar-refractivity contribution in [1.82, 2.24) is 0 Å². The molecule has 1 aromatic rings. The van der Waals surface area contributed by atoms with Crippen molar-refractivity contribution >= 4 is 11.1 Å². The molecule has 1 aromatic carbocycles. The van der Waals surface area contributed by atoms with E-state index in [1.807, 2.05) is 13.8 Å². The number of aryl methyl sites for hydroxylation is 1. The van der Waals surface area contributed by atoms with Crippen LogP contribution in [0.25, 0.3) is 11.1 Å². The third-order valence-corrected chi connectivity index (χ3v) is 2.39. The summed E-state index contributed by atoms with van der Waals surface area (Å²) >= 11 is 0. The van der Waals surface area contributed by atoms with E-state index in [0.717, 1.165) is 17.6 Å². The second-order valence-corrected chi connectivity index (χ2v) is 3.83. The molecule has 0 atom stereocenters. The molecule has 0 spiro atoms. The number of benzene rings is 1. The highest BCUT2D eigenvalue weighted by molar-refractivity contribution is 5.69. The lowest BCUT2D eigenvalue weighted by atomic mass is 9.97. The molecule has 0 radical (unpaired) electrons. The van der Waals surface area contributed by atoms with Crippen LogP contribution in [-0.4, -0.2) is 0 Å². The van der Waals surface area contributed by atoms with E-state index < -0.39 is 0 Å². The minimum Gasteiger partial charge on any atom is -0.0955 e. The summed E-state index contributed by atoms with van der Waals surface area (Å²) in [7, 11) is 0. The zero-order chi connectivity index (χ0) is 10.7. The van der Waals surface area contributed by atoms with E-state index in [9.17, 15) is 0 Å². The molecule has 0 unspecified atom stereocenters. The van der Waals surface area contributed by atoms with Gasteiger partial charge in [-0.2, -0.15) is 0 Å². The van der Waals surface area contributed by atoms with Crippen LogP contribution in [0.2, 0.25) is 0 Å². The van der Waals surface area contributed by atoms with Crippen molar-refractivity contribution in [1.29, 1.82) is 0 Å². The molecular weight excluding hydrogens is 168 g/mol. The average molecular weight is 186 g/mol. The predicted octanol–water partition coefficient (Wildman–Crippen LogP) is 4.32. The molecule has 0 amide bonds. The zero-order valence-corrected chi connectivity index (χ0v) is 9.35. The summed E-state index contributed by atoms with van der Waals surface area (Å²) in [5, 5.41) is 0. The Balaban J connectivity index is 3.27. The van der Waals surface area contributed by atoms with Crippen molar-refractivity contribution in [2.24, 2.45) is 0 Å². The normalized spacial score (nSPS) is 9.93. The molecule has 0 aliphatic rings. The molecule has 0 saturated carbocycles. The van der Waals surface area contributed by atoms with Gasteiger partial charge in [-0.1, -0.05) is 43.4 Å². The van der Waals surface area contributed by atoms with Crippen molar-refractivity contribution in [2.75, 3.05) is 0 Å². The molecule has 0 bridgehead atoms. The van der Waals surface area contributed by atoms with Gasteiger partial charge in [0.15, 0.2) is 0 Å². The van der Waals surface area contributed by atoms with Crippen LogP contribution in [0, 0.1) is 0 Å². The largest absolute Gasteiger partial charge is 0.0955 e. The number of allylic oxidation sites excluding steroid dienone is 2. The maximum Gasteiger partial charge on any atom is -0.0224 e. The SMILES string of the molecule is C=C(C)c1cc(CC)cc(C(=C)C)c1. The van der Waals surface area contributed by atoms with Crippen molar-refractivity contribution in [3.63, 3.8) is 0 Å². The van der Waals surface area contributed by atoms with Crippen LogP contribution < -0.4 is 0 Å². The zero-order valence-electron chi connectivity index (χ0n) is 9.35. The average Bonchev–Trinajstić information content (AvgIpc) is 2.16. The maximum atomic E-state index is 3.97. The molecule has 0 aromatic heterocycles. The first-order chi connectivity index (χ1) is 6.54. The first-order valence-electron chi connectivity index (χ1n) is 5.00. The Hall–Kier alpha value is -1.30. The maximum absolute atomic E-state index is 3.97. The van der Waals surface area contributed by atoms with Gasteiger partial charge in [-0.05, 0) is 43.0 Å². The molecule has 0 saturated heterocycles. The van der Waals surface area contributed by atoms with E-state index in [1.54, 1.807) is 0 Å². The van der Waals surface area contributed by atoms with Gasteiger partial charge < -0.3 is 0 Å². The van der Waals surface area contributed by atoms with E-state index >= 15 is 0 Å². The molecule has 0 heterocycles. The lowest BCUT2D eigenvalue weighted by Gasteiger charge is -2.08. The second-order valence-electron chi connectivity index (χ2n) is 3.83. The van der Waals surface area contributed by atoms with Crippen molar-refractivity contribution in [2.45, 2.75) is 27.2 Å². The number of hydrogen-bond donors (Lipinski definition) is 0. The summed E-state index contributed by atoms with van der Waals surface area (Å²) in [6, 6.07) is 6.56. The van der Waals surface area contributed by atoms with Gasteiger partial charge in [-0.25, -0.2) is 0 Å². The van der Waals surface area contributed by atoms with Crippen LogP contribution in [-0.2, 0) is 6.42 Å². The molecule has 0 heteroatoms. The molecule has 0 aliphatic carbocycles. The fourth-order valence-corrected chi connectivity index (χ4v) is 1.39. The van der Waals surface area contributed by atoms with Crippen LogP contribution in [0.4, 0.5) is 0 Å². The van der Waals surface area contributed by atoms with Crippen LogP contribution in [0.1, 0.15) is 37.5 Å². The number of hydrogen-bond acceptors (Lipinski definition) is 0. The molecule has 0 aliphatic heterocycles. The highest BCUT2D eigenvalue weighted by Crippen LogP contribution is 2.21. The van der Waals surface area contributed by atoms with E-state index in [-0.39, 0.29) is 0 Å². The first-order valence-corrected chi connectivity index (χ1v) is 5.00. The highest BCUT2D eigenvalue weighted by Gasteiger charge is 2.01. The summed E-state index contributed by atoms with van der Waals surface area (Å²) in [5.74, 6) is 0. The van der Waals surface area contributed by atoms with E-state index in [4.69, 9.17) is 0 Å². The summed E-state index contributed by atoms with van der Waals surface area (Å²) in [4.78, 5) is 0. The monoisotopic (exact) mass is 186 g/mol. The minimum atomic E-state index is 1.06. The van der Waals surface area contributed by atoms with Gasteiger partial charge in [0, 0.05) is 0 Å². The van der Waals surface area contributed by atoms with Crippen LogP contribution in [0.3, 0.4) is 0 Å². The molecule has 0 fully saturated rings. The summed E-state index contributed by atoms with van der Waals surface area (Å²) < 4.78 is 0. The summed E-state index contributed by atoms with van der Waals surface area (Å²) in [6.45, 7) is 14.2. The Morgan fingerprint density at radius 3 is 1.71 bits per heavy atom. The smallest absolute Gasteiger partial charge is 0.0224 e. The molecular formula is C14H18. The van der Waals surface area contributed by atoms with E-state index in [1.165, 1.54) is 16.7 Å². The van der Waals surface area contributed by atoms with Crippen molar-refractivity contribution in [3.05, 3.63) is 48.0 Å². The Kier molecular flexibility index (Phi) is 3.29. The molecule has 0 N–H and O–H groups in total. The molecule has 14 heavy (non-hydrogen) atoms. The fraction of sp³-hybridized carbons (Fsp3) is 0.286. The highest BCUT2D eigenvalue weighted by atomic mass is 14.1. The predicted molar refractivity (Wildman–Crippen MR) is 65.2 cm³/mol. The summed E-state index contributed by atoms with van der Waals surface area (Å²) in [5.41, 5.74) is 6.03. The Bertz CT molecular complexity index is 337. The first kappa shape index (κ1) is 10.8. The molecule has 74 valence electrons. The van der Waals surface area contributed by atoms with E-state index in [0.29, 0.717) is 0 Å². The quantitative estimate of drug-likeness (QED) is 0.659. The van der Waals surface area contributed by atoms with Crippen molar-refractivity contribution < 1.29 is 0 Å². The van der Waals surface area contributed by atoms with Crippen LogP contribution in [0.15, 0.2) is 31.4 Å².